The Hall–Kier alpha value is -1.85. The number of carbonyl (C=O) groups excluding carboxylic acids is 1. The molecule has 6 heteroatoms. The minimum atomic E-state index is -0.536. The monoisotopic (exact) mass is 182 g/mol. The van der Waals surface area contributed by atoms with Gasteiger partial charge in [-0.2, -0.15) is 0 Å². The van der Waals surface area contributed by atoms with E-state index in [9.17, 15) is 4.79 Å². The highest BCUT2D eigenvalue weighted by Crippen LogP contribution is 1.96. The van der Waals surface area contributed by atoms with Crippen molar-refractivity contribution >= 4 is 11.8 Å². The average Bonchev–Trinajstić information content (AvgIpc) is 2.17. The molecule has 1 rings (SSSR count). The van der Waals surface area contributed by atoms with Crippen LogP contribution in [-0.4, -0.2) is 22.7 Å². The van der Waals surface area contributed by atoms with Crippen LogP contribution < -0.4 is 10.9 Å². The lowest BCUT2D eigenvalue weighted by atomic mass is 10.6. The van der Waals surface area contributed by atoms with Crippen molar-refractivity contribution < 1.29 is 9.53 Å². The number of nitrogens with zero attached hydrogens (tertiary/aromatic N) is 2. The largest absolute Gasteiger partial charge is 0.449 e. The lowest BCUT2D eigenvalue weighted by molar-refractivity contribution is 0.154. The summed E-state index contributed by atoms with van der Waals surface area (Å²) in [5.41, 5.74) is 5.48. The van der Waals surface area contributed by atoms with Crippen molar-refractivity contribution in [2.24, 2.45) is 0 Å². The van der Waals surface area contributed by atoms with Crippen LogP contribution in [-0.2, 0) is 4.74 Å². The molecular weight excluding hydrogens is 172 g/mol. The standard InChI is InChI=1S/C7H10N4O2/c1-2-13-7(12)11-10-6-3-8-5-9-4-6/h3-5,10H,2H2,1H3,(H,11,12). The second kappa shape index (κ2) is 4.91. The first-order valence-corrected chi connectivity index (χ1v) is 3.76. The molecule has 0 radical (unpaired) electrons. The Labute approximate surface area is 75.3 Å². The maximum absolute atomic E-state index is 10.8. The van der Waals surface area contributed by atoms with Crippen LogP contribution in [0.2, 0.25) is 0 Å². The van der Waals surface area contributed by atoms with E-state index in [-0.39, 0.29) is 0 Å². The van der Waals surface area contributed by atoms with Crippen LogP contribution in [0.1, 0.15) is 6.92 Å². The third kappa shape index (κ3) is 3.37. The maximum atomic E-state index is 10.8. The summed E-state index contributed by atoms with van der Waals surface area (Å²) < 4.78 is 4.61. The molecule has 0 fully saturated rings. The SMILES string of the molecule is CCOC(=O)NNc1cncnc1. The van der Waals surface area contributed by atoms with Crippen molar-refractivity contribution in [2.45, 2.75) is 6.92 Å². The Bertz CT molecular complexity index is 264. The number of nitrogens with one attached hydrogen (secondary N) is 2. The number of ether oxygens (including phenoxy) is 1. The molecule has 0 aliphatic rings. The Morgan fingerprint density at radius 1 is 1.54 bits per heavy atom. The zero-order chi connectivity index (χ0) is 9.52. The van der Waals surface area contributed by atoms with E-state index >= 15 is 0 Å². The molecule has 0 saturated heterocycles. The third-order valence-electron chi connectivity index (χ3n) is 1.14. The van der Waals surface area contributed by atoms with Crippen molar-refractivity contribution in [2.75, 3.05) is 12.0 Å². The Morgan fingerprint density at radius 3 is 2.85 bits per heavy atom. The van der Waals surface area contributed by atoms with Gasteiger partial charge in [-0.3, -0.25) is 5.43 Å². The highest BCUT2D eigenvalue weighted by atomic mass is 16.5. The number of hydrazine groups is 1. The lowest BCUT2D eigenvalue weighted by Gasteiger charge is -2.06. The summed E-state index contributed by atoms with van der Waals surface area (Å²) in [6.45, 7) is 2.06. The molecule has 1 amide bonds. The predicted molar refractivity (Wildman–Crippen MR) is 45.8 cm³/mol. The van der Waals surface area contributed by atoms with Crippen molar-refractivity contribution in [3.8, 4) is 0 Å². The van der Waals surface area contributed by atoms with Crippen molar-refractivity contribution in [3.63, 3.8) is 0 Å². The topological polar surface area (TPSA) is 76.1 Å². The fraction of sp³-hybridized carbons (Fsp3) is 0.286. The summed E-state index contributed by atoms with van der Waals surface area (Å²) in [7, 11) is 0. The van der Waals surface area contributed by atoms with Gasteiger partial charge in [-0.1, -0.05) is 0 Å². The quantitative estimate of drug-likeness (QED) is 0.667. The number of hydrogen-bond acceptors (Lipinski definition) is 5. The second-order valence-corrected chi connectivity index (χ2v) is 2.10. The summed E-state index contributed by atoms with van der Waals surface area (Å²) in [6, 6.07) is 0. The van der Waals surface area contributed by atoms with E-state index in [0.717, 1.165) is 0 Å². The average molecular weight is 182 g/mol. The second-order valence-electron chi connectivity index (χ2n) is 2.10. The van der Waals surface area contributed by atoms with Gasteiger partial charge >= 0.3 is 6.09 Å². The molecule has 0 aliphatic carbocycles. The Morgan fingerprint density at radius 2 is 2.23 bits per heavy atom. The first-order valence-electron chi connectivity index (χ1n) is 3.76. The molecule has 2 N–H and O–H groups in total. The minimum absolute atomic E-state index is 0.332. The molecule has 0 unspecified atom stereocenters. The van der Waals surface area contributed by atoms with Crippen LogP contribution >= 0.6 is 0 Å². The van der Waals surface area contributed by atoms with E-state index in [0.29, 0.717) is 12.3 Å². The van der Waals surface area contributed by atoms with Crippen LogP contribution in [0, 0.1) is 0 Å². The highest BCUT2D eigenvalue weighted by molar-refractivity contribution is 5.68. The molecule has 0 aromatic carbocycles. The minimum Gasteiger partial charge on any atom is -0.449 e. The molecular formula is C7H10N4O2. The Balaban J connectivity index is 2.31. The number of hydrogen-bond donors (Lipinski definition) is 2. The molecule has 13 heavy (non-hydrogen) atoms. The van der Waals surface area contributed by atoms with Crippen LogP contribution in [0.15, 0.2) is 18.7 Å². The summed E-state index contributed by atoms with van der Waals surface area (Å²) in [4.78, 5) is 18.3. The Kier molecular flexibility index (Phi) is 3.49. The molecule has 0 spiro atoms. The van der Waals surface area contributed by atoms with E-state index in [4.69, 9.17) is 0 Å². The van der Waals surface area contributed by atoms with E-state index in [2.05, 4.69) is 25.6 Å². The molecule has 0 saturated carbocycles. The van der Waals surface area contributed by atoms with Gasteiger partial charge in [0.25, 0.3) is 0 Å². The molecule has 1 aromatic heterocycles. The summed E-state index contributed by atoms with van der Waals surface area (Å²) >= 11 is 0. The molecule has 1 aromatic rings. The first kappa shape index (κ1) is 9.24. The molecule has 0 bridgehead atoms. The highest BCUT2D eigenvalue weighted by Gasteiger charge is 1.97. The van der Waals surface area contributed by atoms with Gasteiger partial charge in [0.1, 0.15) is 6.33 Å². The van der Waals surface area contributed by atoms with Gasteiger partial charge in [-0.25, -0.2) is 20.2 Å². The van der Waals surface area contributed by atoms with Crippen molar-refractivity contribution in [1.82, 2.24) is 15.4 Å². The fourth-order valence-electron chi connectivity index (χ4n) is 0.654. The maximum Gasteiger partial charge on any atom is 0.425 e. The third-order valence-corrected chi connectivity index (χ3v) is 1.14. The number of aromatic nitrogens is 2. The van der Waals surface area contributed by atoms with Gasteiger partial charge < -0.3 is 4.74 Å². The molecule has 1 heterocycles. The van der Waals surface area contributed by atoms with Gasteiger partial charge in [0.2, 0.25) is 0 Å². The smallest absolute Gasteiger partial charge is 0.425 e. The zero-order valence-corrected chi connectivity index (χ0v) is 7.15. The normalized spacial score (nSPS) is 9.00. The van der Waals surface area contributed by atoms with E-state index in [1.54, 1.807) is 6.92 Å². The predicted octanol–water partition coefficient (Wildman–Crippen LogP) is 0.550. The van der Waals surface area contributed by atoms with Crippen molar-refractivity contribution in [3.05, 3.63) is 18.7 Å². The first-order chi connectivity index (χ1) is 6.33. The number of carbonyl (C=O) groups is 1. The number of anilines is 1. The number of rotatable bonds is 3. The van der Waals surface area contributed by atoms with Gasteiger partial charge in [0.15, 0.2) is 0 Å². The van der Waals surface area contributed by atoms with Crippen LogP contribution in [0.5, 0.6) is 0 Å². The fourth-order valence-corrected chi connectivity index (χ4v) is 0.654. The van der Waals surface area contributed by atoms with E-state index in [1.807, 2.05) is 0 Å². The van der Waals surface area contributed by atoms with Gasteiger partial charge in [0.05, 0.1) is 24.7 Å². The molecule has 70 valence electrons. The van der Waals surface area contributed by atoms with Gasteiger partial charge in [-0.05, 0) is 6.92 Å². The summed E-state index contributed by atoms with van der Waals surface area (Å²) in [6.07, 6.45) is 3.92. The van der Waals surface area contributed by atoms with Crippen LogP contribution in [0.25, 0.3) is 0 Å². The summed E-state index contributed by atoms with van der Waals surface area (Å²) in [5.74, 6) is 0. The lowest BCUT2D eigenvalue weighted by Crippen LogP contribution is -2.30. The molecule has 0 aliphatic heterocycles. The number of amides is 1. The van der Waals surface area contributed by atoms with E-state index in [1.165, 1.54) is 18.7 Å². The van der Waals surface area contributed by atoms with Crippen LogP contribution in [0.3, 0.4) is 0 Å². The van der Waals surface area contributed by atoms with E-state index < -0.39 is 6.09 Å². The van der Waals surface area contributed by atoms with Crippen molar-refractivity contribution in [1.29, 1.82) is 0 Å². The molecule has 6 nitrogen and oxygen atoms in total. The summed E-state index contributed by atoms with van der Waals surface area (Å²) in [5, 5.41) is 0. The molecule has 0 atom stereocenters. The van der Waals surface area contributed by atoms with Gasteiger partial charge in [0, 0.05) is 0 Å². The van der Waals surface area contributed by atoms with Crippen LogP contribution in [0.4, 0.5) is 10.5 Å². The van der Waals surface area contributed by atoms with Gasteiger partial charge in [-0.15, -0.1) is 0 Å². The zero-order valence-electron chi connectivity index (χ0n) is 7.15.